The van der Waals surface area contributed by atoms with Gasteiger partial charge in [-0.15, -0.1) is 0 Å². The van der Waals surface area contributed by atoms with E-state index in [1.807, 2.05) is 0 Å². The van der Waals surface area contributed by atoms with E-state index >= 15 is 0 Å². The van der Waals surface area contributed by atoms with Crippen molar-refractivity contribution in [2.75, 3.05) is 6.26 Å². The molecule has 2 rings (SSSR count). The molecule has 0 N–H and O–H groups in total. The summed E-state index contributed by atoms with van der Waals surface area (Å²) >= 11 is 0. The van der Waals surface area contributed by atoms with E-state index < -0.39 is 15.7 Å². The Balaban J connectivity index is 2.73. The van der Waals surface area contributed by atoms with Gasteiger partial charge in [0.2, 0.25) is 0 Å². The van der Waals surface area contributed by atoms with Gasteiger partial charge in [0.1, 0.15) is 5.82 Å². The minimum atomic E-state index is -3.41. The van der Waals surface area contributed by atoms with Crippen molar-refractivity contribution in [1.82, 2.24) is 4.57 Å². The van der Waals surface area contributed by atoms with E-state index in [0.717, 1.165) is 12.3 Å². The van der Waals surface area contributed by atoms with Crippen LogP contribution in [-0.2, 0) is 16.9 Å². The topological polar surface area (TPSA) is 56.1 Å². The Kier molecular flexibility index (Phi) is 3.52. The average molecular weight is 295 g/mol. The highest BCUT2D eigenvalue weighted by Gasteiger charge is 2.13. The summed E-state index contributed by atoms with van der Waals surface area (Å²) in [7, 11) is -1.85. The summed E-state index contributed by atoms with van der Waals surface area (Å²) in [5, 5.41) is 0. The highest BCUT2D eigenvalue weighted by Crippen LogP contribution is 2.25. The minimum absolute atomic E-state index is 0.0420. The van der Waals surface area contributed by atoms with E-state index in [9.17, 15) is 17.6 Å². The quantitative estimate of drug-likeness (QED) is 0.795. The van der Waals surface area contributed by atoms with Gasteiger partial charge < -0.3 is 4.57 Å². The smallest absolute Gasteiger partial charge is 0.253 e. The zero-order valence-corrected chi connectivity index (χ0v) is 12.2. The molecule has 0 amide bonds. The van der Waals surface area contributed by atoms with Gasteiger partial charge in [-0.05, 0) is 31.2 Å². The zero-order chi connectivity index (χ0) is 15.1. The van der Waals surface area contributed by atoms with Crippen LogP contribution in [-0.4, -0.2) is 19.2 Å². The van der Waals surface area contributed by atoms with Crippen LogP contribution < -0.4 is 5.56 Å². The third-order valence-corrected chi connectivity index (χ3v) is 4.15. The molecule has 0 bridgehead atoms. The van der Waals surface area contributed by atoms with Crippen LogP contribution in [0.25, 0.3) is 11.1 Å². The lowest BCUT2D eigenvalue weighted by Gasteiger charge is -2.09. The summed E-state index contributed by atoms with van der Waals surface area (Å²) in [5.41, 5.74) is 0.918. The molecule has 20 heavy (non-hydrogen) atoms. The molecular formula is C14H14FNO3S. The summed E-state index contributed by atoms with van der Waals surface area (Å²) in [5.74, 6) is -0.532. The third-order valence-electron chi connectivity index (χ3n) is 3.04. The number of hydrogen-bond acceptors (Lipinski definition) is 3. The molecule has 1 aromatic heterocycles. The largest absolute Gasteiger partial charge is 0.318 e. The van der Waals surface area contributed by atoms with Crippen LogP contribution in [0.15, 0.2) is 40.2 Å². The van der Waals surface area contributed by atoms with Gasteiger partial charge in [-0.2, -0.15) is 0 Å². The molecule has 1 heterocycles. The summed E-state index contributed by atoms with van der Waals surface area (Å²) in [6, 6.07) is 5.17. The Morgan fingerprint density at radius 2 is 1.85 bits per heavy atom. The molecule has 0 fully saturated rings. The predicted molar refractivity (Wildman–Crippen MR) is 74.9 cm³/mol. The Bertz CT molecular complexity index is 812. The van der Waals surface area contributed by atoms with E-state index in [1.54, 1.807) is 20.0 Å². The van der Waals surface area contributed by atoms with Crippen LogP contribution in [0.1, 0.15) is 5.56 Å². The maximum atomic E-state index is 13.9. The van der Waals surface area contributed by atoms with Gasteiger partial charge in [-0.1, -0.05) is 0 Å². The second-order valence-corrected chi connectivity index (χ2v) is 6.76. The molecule has 1 aromatic carbocycles. The van der Waals surface area contributed by atoms with Crippen LogP contribution in [0.4, 0.5) is 4.39 Å². The fraction of sp³-hybridized carbons (Fsp3) is 0.214. The first kappa shape index (κ1) is 14.5. The Hall–Kier alpha value is -1.95. The lowest BCUT2D eigenvalue weighted by Crippen LogP contribution is -2.18. The van der Waals surface area contributed by atoms with Gasteiger partial charge in [0.05, 0.1) is 4.90 Å². The van der Waals surface area contributed by atoms with Crippen LogP contribution in [0.3, 0.4) is 0 Å². The van der Waals surface area contributed by atoms with Crippen molar-refractivity contribution in [1.29, 1.82) is 0 Å². The van der Waals surface area contributed by atoms with Crippen molar-refractivity contribution in [3.8, 4) is 11.1 Å². The summed E-state index contributed by atoms with van der Waals surface area (Å²) in [6.07, 6.45) is 2.55. The molecule has 0 atom stereocenters. The van der Waals surface area contributed by atoms with E-state index in [4.69, 9.17) is 0 Å². The van der Waals surface area contributed by atoms with Gasteiger partial charge in [-0.25, -0.2) is 12.8 Å². The fourth-order valence-corrected chi connectivity index (χ4v) is 2.63. The SMILES string of the molecule is Cc1cc(-c2cc(S(C)(=O)=O)ccc2F)cn(C)c1=O. The van der Waals surface area contributed by atoms with E-state index in [0.29, 0.717) is 11.1 Å². The maximum Gasteiger partial charge on any atom is 0.253 e. The number of aromatic nitrogens is 1. The first-order valence-electron chi connectivity index (χ1n) is 5.87. The number of pyridine rings is 1. The fourth-order valence-electron chi connectivity index (χ4n) is 1.98. The van der Waals surface area contributed by atoms with Crippen molar-refractivity contribution in [2.24, 2.45) is 7.05 Å². The lowest BCUT2D eigenvalue weighted by atomic mass is 10.1. The summed E-state index contributed by atoms with van der Waals surface area (Å²) in [4.78, 5) is 11.7. The summed E-state index contributed by atoms with van der Waals surface area (Å²) < 4.78 is 38.3. The first-order chi connectivity index (χ1) is 9.20. The molecule has 0 spiro atoms. The molecule has 0 saturated heterocycles. The highest BCUT2D eigenvalue weighted by atomic mass is 32.2. The van der Waals surface area contributed by atoms with E-state index in [2.05, 4.69) is 0 Å². The number of nitrogens with zero attached hydrogens (tertiary/aromatic N) is 1. The second kappa shape index (κ2) is 4.86. The molecule has 0 unspecified atom stereocenters. The molecule has 2 aromatic rings. The molecule has 0 aliphatic rings. The number of benzene rings is 1. The van der Waals surface area contributed by atoms with E-state index in [1.165, 1.54) is 22.9 Å². The zero-order valence-electron chi connectivity index (χ0n) is 11.3. The number of hydrogen-bond donors (Lipinski definition) is 0. The van der Waals surface area contributed by atoms with Crippen molar-refractivity contribution >= 4 is 9.84 Å². The standard InChI is InChI=1S/C14H14FNO3S/c1-9-6-10(8-16(2)14(9)17)12-7-11(20(3,18)19)4-5-13(12)15/h4-8H,1-3H3. The van der Waals surface area contributed by atoms with Gasteiger partial charge in [0.25, 0.3) is 5.56 Å². The van der Waals surface area contributed by atoms with Gasteiger partial charge in [-0.3, -0.25) is 4.79 Å². The maximum absolute atomic E-state index is 13.9. The van der Waals surface area contributed by atoms with Crippen LogP contribution >= 0.6 is 0 Å². The number of rotatable bonds is 2. The molecule has 0 radical (unpaired) electrons. The normalized spacial score (nSPS) is 11.6. The van der Waals surface area contributed by atoms with Crippen molar-refractivity contribution in [3.05, 3.63) is 52.2 Å². The number of aryl methyl sites for hydroxylation is 2. The van der Waals surface area contributed by atoms with E-state index in [-0.39, 0.29) is 16.0 Å². The molecule has 0 saturated carbocycles. The second-order valence-electron chi connectivity index (χ2n) is 4.74. The molecule has 4 nitrogen and oxygen atoms in total. The lowest BCUT2D eigenvalue weighted by molar-refractivity contribution is 0.600. The number of sulfone groups is 1. The Morgan fingerprint density at radius 3 is 2.40 bits per heavy atom. The molecule has 106 valence electrons. The Labute approximate surface area is 116 Å². The molecule has 6 heteroatoms. The molecule has 0 aliphatic heterocycles. The summed E-state index contributed by atoms with van der Waals surface area (Å²) in [6.45, 7) is 1.63. The van der Waals surface area contributed by atoms with Crippen LogP contribution in [0.5, 0.6) is 0 Å². The van der Waals surface area contributed by atoms with Gasteiger partial charge in [0, 0.05) is 36.2 Å². The predicted octanol–water partition coefficient (Wildman–Crippen LogP) is 1.90. The minimum Gasteiger partial charge on any atom is -0.318 e. The van der Waals surface area contributed by atoms with Crippen molar-refractivity contribution < 1.29 is 12.8 Å². The van der Waals surface area contributed by atoms with Gasteiger partial charge in [0.15, 0.2) is 9.84 Å². The highest BCUT2D eigenvalue weighted by molar-refractivity contribution is 7.90. The van der Waals surface area contributed by atoms with Crippen molar-refractivity contribution in [3.63, 3.8) is 0 Å². The Morgan fingerprint density at radius 1 is 1.20 bits per heavy atom. The monoisotopic (exact) mass is 295 g/mol. The van der Waals surface area contributed by atoms with Crippen LogP contribution in [0.2, 0.25) is 0 Å². The van der Waals surface area contributed by atoms with Crippen LogP contribution in [0, 0.1) is 12.7 Å². The molecular weight excluding hydrogens is 281 g/mol. The third kappa shape index (κ3) is 2.65. The first-order valence-corrected chi connectivity index (χ1v) is 7.76. The van der Waals surface area contributed by atoms with Crippen molar-refractivity contribution in [2.45, 2.75) is 11.8 Å². The van der Waals surface area contributed by atoms with Gasteiger partial charge >= 0.3 is 0 Å². The average Bonchev–Trinajstić information content (AvgIpc) is 2.34. The number of halogens is 1. The molecule has 0 aliphatic carbocycles.